The minimum atomic E-state index is -0.980. The summed E-state index contributed by atoms with van der Waals surface area (Å²) in [5, 5.41) is 13.0. The molecule has 10 heteroatoms. The third-order valence-electron chi connectivity index (χ3n) is 5.58. The molecule has 2 aliphatic heterocycles. The van der Waals surface area contributed by atoms with Gasteiger partial charge in [-0.25, -0.2) is 9.18 Å². The molecule has 156 valence electrons. The van der Waals surface area contributed by atoms with E-state index in [9.17, 15) is 14.9 Å². The lowest BCUT2D eigenvalue weighted by molar-refractivity contribution is 0.0212. The number of nitriles is 1. The normalized spacial score (nSPS) is 23.1. The van der Waals surface area contributed by atoms with Gasteiger partial charge in [0, 0.05) is 25.8 Å². The van der Waals surface area contributed by atoms with Crippen LogP contribution in [0.2, 0.25) is 0 Å². The minimum Gasteiger partial charge on any atom is -0.431 e. The fourth-order valence-electron chi connectivity index (χ4n) is 4.01. The number of halogens is 1. The Hall–Kier alpha value is -3.16. The number of carbonyl (C=O) groups excluding carboxylic acids is 1. The second-order valence-electron chi connectivity index (χ2n) is 7.64. The first-order chi connectivity index (χ1) is 14.5. The van der Waals surface area contributed by atoms with Gasteiger partial charge in [-0.05, 0) is 18.9 Å². The number of nitrogens with zero attached hydrogens (tertiary/aromatic N) is 2. The van der Waals surface area contributed by atoms with Crippen molar-refractivity contribution in [3.63, 3.8) is 0 Å². The SMILES string of the molecule is N#Cc1c(N2CC3NCCOC3C2)c(F)cc2c(=O)c(OC(=O)OC3CC3)c[nH]c12. The molecule has 9 nitrogen and oxygen atoms in total. The third kappa shape index (κ3) is 3.26. The molecule has 30 heavy (non-hydrogen) atoms. The van der Waals surface area contributed by atoms with Crippen molar-refractivity contribution < 1.29 is 23.4 Å². The van der Waals surface area contributed by atoms with E-state index in [0.29, 0.717) is 19.7 Å². The van der Waals surface area contributed by atoms with Crippen LogP contribution in [0.15, 0.2) is 17.1 Å². The minimum absolute atomic E-state index is 0.0212. The van der Waals surface area contributed by atoms with Gasteiger partial charge in [0.1, 0.15) is 23.6 Å². The summed E-state index contributed by atoms with van der Waals surface area (Å²) in [5.41, 5.74) is -0.362. The number of fused-ring (bicyclic) bond motifs is 2. The van der Waals surface area contributed by atoms with Gasteiger partial charge in [0.2, 0.25) is 5.43 Å². The first-order valence-corrected chi connectivity index (χ1v) is 9.81. The average Bonchev–Trinajstić information content (AvgIpc) is 3.44. The van der Waals surface area contributed by atoms with E-state index >= 15 is 4.39 Å². The largest absolute Gasteiger partial charge is 0.514 e. The molecule has 3 heterocycles. The first-order valence-electron chi connectivity index (χ1n) is 9.81. The summed E-state index contributed by atoms with van der Waals surface area (Å²) in [4.78, 5) is 29.1. The number of nitrogens with one attached hydrogen (secondary N) is 2. The molecule has 1 aliphatic carbocycles. The average molecular weight is 414 g/mol. The Morgan fingerprint density at radius 3 is 2.93 bits per heavy atom. The molecular formula is C20H19FN4O5. The van der Waals surface area contributed by atoms with Gasteiger partial charge < -0.3 is 29.4 Å². The molecule has 0 radical (unpaired) electrons. The molecule has 2 atom stereocenters. The Kier molecular flexibility index (Phi) is 4.56. The molecule has 1 aromatic heterocycles. The molecule has 2 unspecified atom stereocenters. The van der Waals surface area contributed by atoms with Crippen LogP contribution in [-0.2, 0) is 9.47 Å². The van der Waals surface area contributed by atoms with E-state index < -0.39 is 17.4 Å². The Labute approximate surface area is 170 Å². The van der Waals surface area contributed by atoms with E-state index in [1.54, 1.807) is 4.90 Å². The van der Waals surface area contributed by atoms with Crippen LogP contribution >= 0.6 is 0 Å². The maximum atomic E-state index is 15.1. The highest BCUT2D eigenvalue weighted by molar-refractivity contribution is 5.91. The van der Waals surface area contributed by atoms with Gasteiger partial charge in [0.05, 0.1) is 35.3 Å². The predicted molar refractivity (Wildman–Crippen MR) is 103 cm³/mol. The highest BCUT2D eigenvalue weighted by atomic mass is 19.1. The number of morpholine rings is 1. The van der Waals surface area contributed by atoms with Gasteiger partial charge in [-0.2, -0.15) is 5.26 Å². The van der Waals surface area contributed by atoms with Crippen LogP contribution in [0.4, 0.5) is 14.9 Å². The number of carbonyl (C=O) groups is 1. The number of ether oxygens (including phenoxy) is 3. The first kappa shape index (κ1) is 18.8. The van der Waals surface area contributed by atoms with Crippen molar-refractivity contribution in [3.05, 3.63) is 33.9 Å². The Morgan fingerprint density at radius 1 is 1.37 bits per heavy atom. The Balaban J connectivity index is 1.51. The van der Waals surface area contributed by atoms with Crippen molar-refractivity contribution in [1.82, 2.24) is 10.3 Å². The molecule has 3 aliphatic rings. The molecule has 1 saturated carbocycles. The number of pyridine rings is 1. The van der Waals surface area contributed by atoms with E-state index in [-0.39, 0.29) is 46.2 Å². The maximum absolute atomic E-state index is 15.1. The van der Waals surface area contributed by atoms with E-state index in [4.69, 9.17) is 14.2 Å². The zero-order chi connectivity index (χ0) is 20.8. The van der Waals surface area contributed by atoms with Crippen molar-refractivity contribution in [2.45, 2.75) is 31.1 Å². The lowest BCUT2D eigenvalue weighted by atomic mass is 10.1. The third-order valence-corrected chi connectivity index (χ3v) is 5.58. The Morgan fingerprint density at radius 2 is 2.20 bits per heavy atom. The van der Waals surface area contributed by atoms with E-state index in [1.807, 2.05) is 6.07 Å². The van der Waals surface area contributed by atoms with E-state index in [2.05, 4.69) is 10.3 Å². The second-order valence-corrected chi connectivity index (χ2v) is 7.64. The molecule has 1 aromatic carbocycles. The second kappa shape index (κ2) is 7.27. The maximum Gasteiger partial charge on any atom is 0.514 e. The summed E-state index contributed by atoms with van der Waals surface area (Å²) in [5.74, 6) is -1.00. The molecule has 2 aromatic rings. The van der Waals surface area contributed by atoms with E-state index in [1.165, 1.54) is 6.20 Å². The van der Waals surface area contributed by atoms with E-state index in [0.717, 1.165) is 25.5 Å². The van der Waals surface area contributed by atoms with Crippen LogP contribution in [0.5, 0.6) is 5.75 Å². The van der Waals surface area contributed by atoms with Crippen LogP contribution in [0, 0.1) is 17.1 Å². The molecular weight excluding hydrogens is 395 g/mol. The molecule has 2 saturated heterocycles. The zero-order valence-corrected chi connectivity index (χ0v) is 15.9. The summed E-state index contributed by atoms with van der Waals surface area (Å²) in [6.45, 7) is 2.23. The van der Waals surface area contributed by atoms with Crippen molar-refractivity contribution in [2.75, 3.05) is 31.1 Å². The van der Waals surface area contributed by atoms with Crippen LogP contribution in [0.1, 0.15) is 18.4 Å². The van der Waals surface area contributed by atoms with Crippen LogP contribution < -0.4 is 20.4 Å². The molecule has 2 N–H and O–H groups in total. The van der Waals surface area contributed by atoms with Gasteiger partial charge in [0.25, 0.3) is 0 Å². The number of hydrogen-bond acceptors (Lipinski definition) is 8. The van der Waals surface area contributed by atoms with Crippen molar-refractivity contribution >= 4 is 22.7 Å². The molecule has 0 amide bonds. The quantitative estimate of drug-likeness (QED) is 0.724. The van der Waals surface area contributed by atoms with Gasteiger partial charge in [-0.15, -0.1) is 0 Å². The molecule has 0 bridgehead atoms. The number of benzene rings is 1. The predicted octanol–water partition coefficient (Wildman–Crippen LogP) is 1.39. The van der Waals surface area contributed by atoms with Crippen molar-refractivity contribution in [2.24, 2.45) is 0 Å². The molecule has 5 rings (SSSR count). The van der Waals surface area contributed by atoms with Crippen molar-refractivity contribution in [1.29, 1.82) is 5.26 Å². The van der Waals surface area contributed by atoms with Crippen LogP contribution in [0.25, 0.3) is 10.9 Å². The number of rotatable bonds is 3. The van der Waals surface area contributed by atoms with Gasteiger partial charge in [-0.1, -0.05) is 0 Å². The number of aromatic amines is 1. The fourth-order valence-corrected chi connectivity index (χ4v) is 4.01. The summed E-state index contributed by atoms with van der Waals surface area (Å²) in [6, 6.07) is 3.13. The van der Waals surface area contributed by atoms with Gasteiger partial charge in [0.15, 0.2) is 5.75 Å². The number of anilines is 1. The number of hydrogen-bond donors (Lipinski definition) is 2. The van der Waals surface area contributed by atoms with Gasteiger partial charge in [-0.3, -0.25) is 4.79 Å². The number of aromatic nitrogens is 1. The smallest absolute Gasteiger partial charge is 0.431 e. The van der Waals surface area contributed by atoms with Crippen LogP contribution in [-0.4, -0.2) is 55.6 Å². The van der Waals surface area contributed by atoms with Gasteiger partial charge >= 0.3 is 6.16 Å². The fraction of sp³-hybridized carbons (Fsp3) is 0.450. The zero-order valence-electron chi connectivity index (χ0n) is 15.9. The summed E-state index contributed by atoms with van der Waals surface area (Å²) >= 11 is 0. The monoisotopic (exact) mass is 414 g/mol. The highest BCUT2D eigenvalue weighted by Gasteiger charge is 2.38. The molecule has 3 fully saturated rings. The standard InChI is InChI=1S/C20H19FN4O5/c21-13-5-11-17(24-7-15(19(11)26)30-20(27)29-10-1-2-10)12(6-22)18(13)25-8-14-16(9-25)28-4-3-23-14/h5,7,10,14,16,23H,1-4,8-9H2,(H,24,26). The summed E-state index contributed by atoms with van der Waals surface area (Å²) < 4.78 is 30.8. The van der Waals surface area contributed by atoms with Crippen LogP contribution in [0.3, 0.4) is 0 Å². The summed E-state index contributed by atoms with van der Waals surface area (Å²) in [6.07, 6.45) is 1.48. The topological polar surface area (TPSA) is 117 Å². The highest BCUT2D eigenvalue weighted by Crippen LogP contribution is 2.33. The lowest BCUT2D eigenvalue weighted by Gasteiger charge is -2.25. The van der Waals surface area contributed by atoms with Crippen molar-refractivity contribution in [3.8, 4) is 11.8 Å². The number of H-pyrrole nitrogens is 1. The molecule has 0 spiro atoms. The summed E-state index contributed by atoms with van der Waals surface area (Å²) in [7, 11) is 0. The lowest BCUT2D eigenvalue weighted by Crippen LogP contribution is -2.47. The Bertz CT molecular complexity index is 1110.